The molecule has 108 valence electrons. The Hall–Kier alpha value is -1.43. The maximum atomic E-state index is 8.76. The summed E-state index contributed by atoms with van der Waals surface area (Å²) in [6.07, 6.45) is 15.3. The smallest absolute Gasteiger partial charge is 0.131 e. The van der Waals surface area contributed by atoms with Gasteiger partial charge >= 0.3 is 0 Å². The molecule has 0 spiro atoms. The van der Waals surface area contributed by atoms with E-state index in [0.717, 1.165) is 11.7 Å². The normalized spacial score (nSPS) is 22.4. The van der Waals surface area contributed by atoms with Gasteiger partial charge in [-0.25, -0.2) is 9.97 Å². The van der Waals surface area contributed by atoms with Crippen molar-refractivity contribution in [1.29, 1.82) is 5.26 Å². The van der Waals surface area contributed by atoms with Crippen molar-refractivity contribution in [3.63, 3.8) is 0 Å². The van der Waals surface area contributed by atoms with Crippen molar-refractivity contribution >= 4 is 0 Å². The van der Waals surface area contributed by atoms with Crippen LogP contribution in [-0.2, 0) is 0 Å². The van der Waals surface area contributed by atoms with Crippen molar-refractivity contribution in [2.45, 2.75) is 70.6 Å². The summed E-state index contributed by atoms with van der Waals surface area (Å²) in [6.45, 7) is 2.27. The zero-order valence-corrected chi connectivity index (χ0v) is 12.5. The highest BCUT2D eigenvalue weighted by Gasteiger charge is 2.23. The largest absolute Gasteiger partial charge is 0.240 e. The molecular weight excluding hydrogens is 246 g/mol. The minimum Gasteiger partial charge on any atom is -0.240 e. The number of aromatic nitrogens is 2. The molecule has 0 N–H and O–H groups in total. The molecule has 0 bridgehead atoms. The number of hydrogen-bond acceptors (Lipinski definition) is 3. The van der Waals surface area contributed by atoms with Gasteiger partial charge in [-0.1, -0.05) is 39.0 Å². The molecule has 0 unspecified atom stereocenters. The average molecular weight is 271 g/mol. The van der Waals surface area contributed by atoms with Gasteiger partial charge in [0.05, 0.1) is 5.56 Å². The lowest BCUT2D eigenvalue weighted by Crippen LogP contribution is -2.15. The Kier molecular flexibility index (Phi) is 5.98. The van der Waals surface area contributed by atoms with Gasteiger partial charge in [-0.05, 0) is 31.6 Å². The summed E-state index contributed by atoms with van der Waals surface area (Å²) in [5, 5.41) is 8.76. The van der Waals surface area contributed by atoms with E-state index >= 15 is 0 Å². The summed E-state index contributed by atoms with van der Waals surface area (Å²) in [7, 11) is 0. The second-order valence-electron chi connectivity index (χ2n) is 6.01. The van der Waals surface area contributed by atoms with Crippen molar-refractivity contribution in [1.82, 2.24) is 9.97 Å². The monoisotopic (exact) mass is 271 g/mol. The van der Waals surface area contributed by atoms with Crippen LogP contribution < -0.4 is 0 Å². The van der Waals surface area contributed by atoms with Crippen LogP contribution in [0.25, 0.3) is 0 Å². The Labute approximate surface area is 122 Å². The van der Waals surface area contributed by atoms with Gasteiger partial charge in [0, 0.05) is 18.3 Å². The van der Waals surface area contributed by atoms with E-state index < -0.39 is 0 Å². The van der Waals surface area contributed by atoms with Crippen molar-refractivity contribution < 1.29 is 0 Å². The van der Waals surface area contributed by atoms with Crippen LogP contribution in [-0.4, -0.2) is 9.97 Å². The molecule has 20 heavy (non-hydrogen) atoms. The highest BCUT2D eigenvalue weighted by atomic mass is 14.9. The molecule has 0 aromatic carbocycles. The quantitative estimate of drug-likeness (QED) is 0.711. The summed E-state index contributed by atoms with van der Waals surface area (Å²) in [4.78, 5) is 8.70. The van der Waals surface area contributed by atoms with Gasteiger partial charge in [-0.15, -0.1) is 0 Å². The van der Waals surface area contributed by atoms with Gasteiger partial charge in [0.1, 0.15) is 11.9 Å². The first-order chi connectivity index (χ1) is 9.83. The molecular formula is C17H25N3. The van der Waals surface area contributed by atoms with E-state index in [1.54, 1.807) is 12.4 Å². The second-order valence-corrected chi connectivity index (χ2v) is 6.01. The predicted octanol–water partition coefficient (Wildman–Crippen LogP) is 4.59. The highest BCUT2D eigenvalue weighted by molar-refractivity contribution is 5.22. The molecule has 0 radical (unpaired) electrons. The topological polar surface area (TPSA) is 49.6 Å². The molecule has 1 aromatic heterocycles. The molecule has 1 aliphatic rings. The molecule has 1 aliphatic carbocycles. The molecule has 1 heterocycles. The fraction of sp³-hybridized carbons (Fsp3) is 0.706. The predicted molar refractivity (Wildman–Crippen MR) is 80.2 cm³/mol. The fourth-order valence-electron chi connectivity index (χ4n) is 3.18. The van der Waals surface area contributed by atoms with E-state index in [0.29, 0.717) is 11.5 Å². The molecule has 2 rings (SSSR count). The van der Waals surface area contributed by atoms with Crippen LogP contribution in [0.5, 0.6) is 0 Å². The summed E-state index contributed by atoms with van der Waals surface area (Å²) >= 11 is 0. The maximum absolute atomic E-state index is 8.76. The Morgan fingerprint density at radius 2 is 1.80 bits per heavy atom. The minimum absolute atomic E-state index is 0.509. The number of nitriles is 1. The number of rotatable bonds is 6. The standard InChI is InChI=1S/C17H25N3/c1-2-3-4-5-6-14-7-9-16(10-8-14)17-19-12-15(11-18)13-20-17/h12-14,16H,2-10H2,1H3. The second kappa shape index (κ2) is 7.99. The van der Waals surface area contributed by atoms with Gasteiger partial charge in [-0.3, -0.25) is 0 Å². The van der Waals surface area contributed by atoms with E-state index in [2.05, 4.69) is 23.0 Å². The van der Waals surface area contributed by atoms with Crippen LogP contribution in [0.3, 0.4) is 0 Å². The third-order valence-electron chi connectivity index (χ3n) is 4.48. The summed E-state index contributed by atoms with van der Waals surface area (Å²) in [5.41, 5.74) is 0.554. The molecule has 3 nitrogen and oxygen atoms in total. The van der Waals surface area contributed by atoms with Crippen LogP contribution in [0.4, 0.5) is 0 Å². The van der Waals surface area contributed by atoms with E-state index in [4.69, 9.17) is 5.26 Å². The first-order valence-electron chi connectivity index (χ1n) is 8.05. The lowest BCUT2D eigenvalue weighted by molar-refractivity contribution is 0.296. The molecule has 0 atom stereocenters. The van der Waals surface area contributed by atoms with Crippen LogP contribution in [0.1, 0.15) is 82.0 Å². The molecule has 3 heteroatoms. The molecule has 0 amide bonds. The summed E-state index contributed by atoms with van der Waals surface area (Å²) in [6, 6.07) is 2.07. The van der Waals surface area contributed by atoms with Crippen LogP contribution in [0, 0.1) is 17.2 Å². The third kappa shape index (κ3) is 4.30. The van der Waals surface area contributed by atoms with Crippen LogP contribution in [0.2, 0.25) is 0 Å². The van der Waals surface area contributed by atoms with Crippen LogP contribution in [0.15, 0.2) is 12.4 Å². The number of nitrogens with zero attached hydrogens (tertiary/aromatic N) is 3. The minimum atomic E-state index is 0.509. The Balaban J connectivity index is 1.74. The van der Waals surface area contributed by atoms with Crippen molar-refractivity contribution in [2.75, 3.05) is 0 Å². The Bertz CT molecular complexity index is 425. The fourth-order valence-corrected chi connectivity index (χ4v) is 3.18. The summed E-state index contributed by atoms with van der Waals surface area (Å²) < 4.78 is 0. The zero-order chi connectivity index (χ0) is 14.2. The number of hydrogen-bond donors (Lipinski definition) is 0. The van der Waals surface area contributed by atoms with Crippen molar-refractivity contribution in [3.8, 4) is 6.07 Å². The number of unbranched alkanes of at least 4 members (excludes halogenated alkanes) is 3. The maximum Gasteiger partial charge on any atom is 0.131 e. The molecule has 0 aliphatic heterocycles. The van der Waals surface area contributed by atoms with Gasteiger partial charge in [-0.2, -0.15) is 5.26 Å². The molecule has 0 saturated heterocycles. The van der Waals surface area contributed by atoms with Gasteiger partial charge < -0.3 is 0 Å². The SMILES string of the molecule is CCCCCCC1CCC(c2ncc(C#N)cn2)CC1. The zero-order valence-electron chi connectivity index (χ0n) is 12.5. The average Bonchev–Trinajstić information content (AvgIpc) is 2.52. The molecule has 1 aromatic rings. The van der Waals surface area contributed by atoms with Gasteiger partial charge in [0.15, 0.2) is 0 Å². The lowest BCUT2D eigenvalue weighted by atomic mass is 9.79. The first-order valence-corrected chi connectivity index (χ1v) is 8.05. The van der Waals surface area contributed by atoms with Crippen LogP contribution >= 0.6 is 0 Å². The van der Waals surface area contributed by atoms with Gasteiger partial charge in [0.2, 0.25) is 0 Å². The Morgan fingerprint density at radius 1 is 1.10 bits per heavy atom. The van der Waals surface area contributed by atoms with E-state index in [1.807, 2.05) is 0 Å². The van der Waals surface area contributed by atoms with E-state index in [1.165, 1.54) is 57.8 Å². The molecule has 1 saturated carbocycles. The van der Waals surface area contributed by atoms with E-state index in [-0.39, 0.29) is 0 Å². The summed E-state index contributed by atoms with van der Waals surface area (Å²) in [5.74, 6) is 2.37. The van der Waals surface area contributed by atoms with Crippen molar-refractivity contribution in [3.05, 3.63) is 23.8 Å². The first kappa shape index (κ1) is 15.0. The lowest BCUT2D eigenvalue weighted by Gasteiger charge is -2.27. The highest BCUT2D eigenvalue weighted by Crippen LogP contribution is 2.36. The van der Waals surface area contributed by atoms with Gasteiger partial charge in [0.25, 0.3) is 0 Å². The third-order valence-corrected chi connectivity index (χ3v) is 4.48. The Morgan fingerprint density at radius 3 is 2.40 bits per heavy atom. The van der Waals surface area contributed by atoms with E-state index in [9.17, 15) is 0 Å². The molecule has 1 fully saturated rings. The van der Waals surface area contributed by atoms with Crippen molar-refractivity contribution in [2.24, 2.45) is 5.92 Å².